The van der Waals surface area contributed by atoms with Gasteiger partial charge in [0.25, 0.3) is 11.8 Å². The van der Waals surface area contributed by atoms with Gasteiger partial charge in [-0.3, -0.25) is 9.59 Å². The summed E-state index contributed by atoms with van der Waals surface area (Å²) in [4.78, 5) is 23.1. The van der Waals surface area contributed by atoms with Crippen LogP contribution in [0.2, 0.25) is 0 Å². The molecular formula is C12H11Cl2FN2O2. The van der Waals surface area contributed by atoms with Gasteiger partial charge in [0.15, 0.2) is 0 Å². The Morgan fingerprint density at radius 2 is 1.63 bits per heavy atom. The van der Waals surface area contributed by atoms with Crippen LogP contribution in [0.4, 0.5) is 10.1 Å². The lowest BCUT2D eigenvalue weighted by atomic mass is 10.3. The molecular weight excluding hydrogens is 294 g/mol. The summed E-state index contributed by atoms with van der Waals surface area (Å²) in [5.74, 6) is -1.81. The van der Waals surface area contributed by atoms with Crippen molar-refractivity contribution in [2.24, 2.45) is 0 Å². The summed E-state index contributed by atoms with van der Waals surface area (Å²) < 4.78 is 12.7. The van der Waals surface area contributed by atoms with Gasteiger partial charge in [0.2, 0.25) is 0 Å². The Labute approximate surface area is 119 Å². The molecule has 0 radical (unpaired) electrons. The minimum atomic E-state index is -0.746. The molecule has 0 aromatic heterocycles. The van der Waals surface area contributed by atoms with Crippen molar-refractivity contribution < 1.29 is 14.0 Å². The van der Waals surface area contributed by atoms with Crippen LogP contribution >= 0.6 is 23.2 Å². The van der Waals surface area contributed by atoms with E-state index in [4.69, 9.17) is 23.2 Å². The van der Waals surface area contributed by atoms with Crippen molar-refractivity contribution in [2.75, 3.05) is 11.9 Å². The standard InChI is InChI=1S/C12H11Cl2FN2O2/c1-2-16-11(18)9(13)10(14)12(19)17-8-5-3-7(15)4-6-8/h3-6H,2H2,1H3,(H,16,18)(H,17,19)/b10-9-. The Morgan fingerprint density at radius 3 is 2.16 bits per heavy atom. The van der Waals surface area contributed by atoms with Gasteiger partial charge in [0.1, 0.15) is 15.9 Å². The lowest BCUT2D eigenvalue weighted by Crippen LogP contribution is -2.25. The van der Waals surface area contributed by atoms with Crippen LogP contribution in [-0.4, -0.2) is 18.4 Å². The number of nitrogens with one attached hydrogen (secondary N) is 2. The van der Waals surface area contributed by atoms with Crippen molar-refractivity contribution >= 4 is 40.7 Å². The molecule has 0 saturated heterocycles. The Kier molecular flexibility index (Phi) is 5.79. The minimum Gasteiger partial charge on any atom is -0.352 e. The van der Waals surface area contributed by atoms with Crippen molar-refractivity contribution in [3.63, 3.8) is 0 Å². The highest BCUT2D eigenvalue weighted by Gasteiger charge is 2.17. The van der Waals surface area contributed by atoms with Gasteiger partial charge in [-0.15, -0.1) is 0 Å². The SMILES string of the molecule is CCNC(=O)/C(Cl)=C(/Cl)C(=O)Nc1ccc(F)cc1. The average Bonchev–Trinajstić information content (AvgIpc) is 2.39. The van der Waals surface area contributed by atoms with E-state index in [1.54, 1.807) is 6.92 Å². The molecule has 1 rings (SSSR count). The highest BCUT2D eigenvalue weighted by atomic mass is 35.5. The fraction of sp³-hybridized carbons (Fsp3) is 0.167. The number of likely N-dealkylation sites (N-methyl/N-ethyl adjacent to an activating group) is 1. The Bertz CT molecular complexity index is 515. The van der Waals surface area contributed by atoms with Gasteiger partial charge < -0.3 is 10.6 Å². The first-order chi connectivity index (χ1) is 8.95. The lowest BCUT2D eigenvalue weighted by molar-refractivity contribution is -0.117. The van der Waals surface area contributed by atoms with Crippen molar-refractivity contribution in [1.82, 2.24) is 5.32 Å². The third-order valence-electron chi connectivity index (χ3n) is 2.03. The molecule has 0 saturated carbocycles. The fourth-order valence-corrected chi connectivity index (χ4v) is 1.44. The lowest BCUT2D eigenvalue weighted by Gasteiger charge is -2.06. The molecule has 0 atom stereocenters. The predicted octanol–water partition coefficient (Wildman–Crippen LogP) is 2.59. The molecule has 0 bridgehead atoms. The van der Waals surface area contributed by atoms with Gasteiger partial charge in [-0.2, -0.15) is 0 Å². The first-order valence-electron chi connectivity index (χ1n) is 5.36. The van der Waals surface area contributed by atoms with Crippen molar-refractivity contribution in [3.05, 3.63) is 40.1 Å². The molecule has 1 aromatic carbocycles. The smallest absolute Gasteiger partial charge is 0.268 e. The topological polar surface area (TPSA) is 58.2 Å². The third-order valence-corrected chi connectivity index (χ3v) is 2.85. The average molecular weight is 305 g/mol. The number of rotatable bonds is 4. The molecule has 1 aromatic rings. The monoisotopic (exact) mass is 304 g/mol. The maximum Gasteiger partial charge on any atom is 0.268 e. The maximum atomic E-state index is 12.7. The normalized spacial score (nSPS) is 11.6. The van der Waals surface area contributed by atoms with E-state index < -0.39 is 27.7 Å². The van der Waals surface area contributed by atoms with Crippen LogP contribution in [0, 0.1) is 5.82 Å². The van der Waals surface area contributed by atoms with Gasteiger partial charge in [-0.25, -0.2) is 4.39 Å². The molecule has 0 heterocycles. The molecule has 0 aliphatic rings. The zero-order valence-electron chi connectivity index (χ0n) is 9.97. The van der Waals surface area contributed by atoms with Crippen LogP contribution in [0.3, 0.4) is 0 Å². The second kappa shape index (κ2) is 7.11. The molecule has 2 amide bonds. The van der Waals surface area contributed by atoms with Gasteiger partial charge in [0, 0.05) is 12.2 Å². The van der Waals surface area contributed by atoms with E-state index in [9.17, 15) is 14.0 Å². The number of amides is 2. The fourth-order valence-electron chi connectivity index (χ4n) is 1.16. The second-order valence-electron chi connectivity index (χ2n) is 3.45. The maximum absolute atomic E-state index is 12.7. The van der Waals surface area contributed by atoms with E-state index in [0.29, 0.717) is 12.2 Å². The van der Waals surface area contributed by atoms with E-state index in [1.165, 1.54) is 24.3 Å². The Hall–Kier alpha value is -1.59. The van der Waals surface area contributed by atoms with Crippen molar-refractivity contribution in [2.45, 2.75) is 6.92 Å². The zero-order chi connectivity index (χ0) is 14.4. The summed E-state index contributed by atoms with van der Waals surface area (Å²) in [5.41, 5.74) is 0.338. The van der Waals surface area contributed by atoms with Crippen LogP contribution < -0.4 is 10.6 Å². The minimum absolute atomic E-state index is 0.338. The molecule has 0 aliphatic heterocycles. The molecule has 0 unspecified atom stereocenters. The Balaban J connectivity index is 2.79. The molecule has 0 aliphatic carbocycles. The summed E-state index contributed by atoms with van der Waals surface area (Å²) >= 11 is 11.4. The first kappa shape index (κ1) is 15.5. The van der Waals surface area contributed by atoms with E-state index in [1.807, 2.05) is 0 Å². The molecule has 19 heavy (non-hydrogen) atoms. The highest BCUT2D eigenvalue weighted by Crippen LogP contribution is 2.17. The van der Waals surface area contributed by atoms with Crippen LogP contribution in [0.5, 0.6) is 0 Å². The van der Waals surface area contributed by atoms with E-state index in [0.717, 1.165) is 0 Å². The zero-order valence-corrected chi connectivity index (χ0v) is 11.5. The van der Waals surface area contributed by atoms with Crippen molar-refractivity contribution in [1.29, 1.82) is 0 Å². The number of anilines is 1. The van der Waals surface area contributed by atoms with Gasteiger partial charge >= 0.3 is 0 Å². The number of carbonyl (C=O) groups excluding carboxylic acids is 2. The summed E-state index contributed by atoms with van der Waals surface area (Å²) in [6.45, 7) is 2.06. The Morgan fingerprint density at radius 1 is 1.11 bits per heavy atom. The predicted molar refractivity (Wildman–Crippen MR) is 72.4 cm³/mol. The molecule has 0 fully saturated rings. The highest BCUT2D eigenvalue weighted by molar-refractivity contribution is 6.54. The molecule has 4 nitrogen and oxygen atoms in total. The summed E-state index contributed by atoms with van der Waals surface area (Å²) in [5, 5.41) is 3.96. The number of halogens is 3. The third kappa shape index (κ3) is 4.54. The van der Waals surface area contributed by atoms with E-state index >= 15 is 0 Å². The van der Waals surface area contributed by atoms with Gasteiger partial charge in [-0.05, 0) is 31.2 Å². The first-order valence-corrected chi connectivity index (χ1v) is 6.11. The second-order valence-corrected chi connectivity index (χ2v) is 4.20. The molecule has 2 N–H and O–H groups in total. The molecule has 0 spiro atoms. The number of hydrogen-bond donors (Lipinski definition) is 2. The van der Waals surface area contributed by atoms with Crippen molar-refractivity contribution in [3.8, 4) is 0 Å². The van der Waals surface area contributed by atoms with E-state index in [2.05, 4.69) is 10.6 Å². The van der Waals surface area contributed by atoms with Crippen LogP contribution in [0.1, 0.15) is 6.92 Å². The van der Waals surface area contributed by atoms with Gasteiger partial charge in [-0.1, -0.05) is 23.2 Å². The van der Waals surface area contributed by atoms with E-state index in [-0.39, 0.29) is 0 Å². The summed E-state index contributed by atoms with van der Waals surface area (Å²) in [6.07, 6.45) is 0. The largest absolute Gasteiger partial charge is 0.352 e. The van der Waals surface area contributed by atoms with Crippen LogP contribution in [0.25, 0.3) is 0 Å². The van der Waals surface area contributed by atoms with Gasteiger partial charge in [0.05, 0.1) is 0 Å². The molecule has 7 heteroatoms. The number of hydrogen-bond acceptors (Lipinski definition) is 2. The summed E-state index contributed by atoms with van der Waals surface area (Å²) in [6, 6.07) is 5.08. The molecule has 102 valence electrons. The van der Waals surface area contributed by atoms with Crippen LogP contribution in [0.15, 0.2) is 34.3 Å². The number of carbonyl (C=O) groups is 2. The van der Waals surface area contributed by atoms with Crippen LogP contribution in [-0.2, 0) is 9.59 Å². The number of benzene rings is 1. The summed E-state index contributed by atoms with van der Waals surface area (Å²) in [7, 11) is 0. The quantitative estimate of drug-likeness (QED) is 0.840.